The maximum Gasteiger partial charge on any atom is 0.393 e. The molecule has 2 aliphatic rings. The number of carbonyl (C=O) groups excluding carboxylic acids is 1. The molecule has 1 aliphatic carbocycles. The first kappa shape index (κ1) is 21.1. The van der Waals surface area contributed by atoms with Crippen molar-refractivity contribution in [3.05, 3.63) is 29.7 Å². The normalized spacial score (nSPS) is 29.0. The fraction of sp³-hybridized carbons (Fsp3) is 0.667. The van der Waals surface area contributed by atoms with Crippen molar-refractivity contribution in [3.8, 4) is 0 Å². The third kappa shape index (κ3) is 4.45. The Balaban J connectivity index is 1.47. The number of nitrogens with two attached hydrogens (primary N) is 1. The van der Waals surface area contributed by atoms with Crippen LogP contribution in [0.4, 0.5) is 13.2 Å². The van der Waals surface area contributed by atoms with Crippen LogP contribution in [0, 0.1) is 23.7 Å². The van der Waals surface area contributed by atoms with Crippen molar-refractivity contribution in [3.63, 3.8) is 0 Å². The molecule has 1 amide bonds. The molecule has 3 atom stereocenters. The van der Waals surface area contributed by atoms with E-state index < -0.39 is 18.0 Å². The standard InChI is InChI=1S/C21H28F3N5O/c1-12-2-4-13(5-3-12)19(25)17-11-29-18(27-17)7-6-16(28-29)9-14-8-15(21(22,23)24)10-26-20(14)30/h6-7,11-15,19H,2-5,8-10,25H2,1H3,(H,26,30)/t12?,13?,14?,15-,19+/m1/s1. The minimum Gasteiger partial charge on any atom is -0.355 e. The van der Waals surface area contributed by atoms with E-state index >= 15 is 0 Å². The summed E-state index contributed by atoms with van der Waals surface area (Å²) in [6, 6.07) is 3.35. The lowest BCUT2D eigenvalue weighted by Gasteiger charge is -2.30. The molecule has 3 heterocycles. The second-order valence-electron chi connectivity index (χ2n) is 8.96. The Morgan fingerprint density at radius 2 is 2.00 bits per heavy atom. The summed E-state index contributed by atoms with van der Waals surface area (Å²) < 4.78 is 40.8. The summed E-state index contributed by atoms with van der Waals surface area (Å²) in [6.07, 6.45) is 1.98. The van der Waals surface area contributed by atoms with Crippen LogP contribution in [0.5, 0.6) is 0 Å². The molecule has 1 unspecified atom stereocenters. The zero-order valence-electron chi connectivity index (χ0n) is 17.0. The average molecular weight is 423 g/mol. The fourth-order valence-electron chi connectivity index (χ4n) is 4.68. The van der Waals surface area contributed by atoms with Crippen molar-refractivity contribution >= 4 is 11.6 Å². The van der Waals surface area contributed by atoms with E-state index in [1.807, 2.05) is 0 Å². The second-order valence-corrected chi connectivity index (χ2v) is 8.96. The Bertz CT molecular complexity index is 904. The van der Waals surface area contributed by atoms with Crippen molar-refractivity contribution in [2.45, 2.75) is 57.7 Å². The number of rotatable bonds is 4. The fourth-order valence-corrected chi connectivity index (χ4v) is 4.68. The van der Waals surface area contributed by atoms with Crippen LogP contribution in [0.3, 0.4) is 0 Å². The highest BCUT2D eigenvalue weighted by molar-refractivity contribution is 5.79. The number of aromatic nitrogens is 3. The minimum absolute atomic E-state index is 0.153. The van der Waals surface area contributed by atoms with Gasteiger partial charge in [0.15, 0.2) is 5.65 Å². The maximum absolute atomic E-state index is 13.1. The molecule has 1 aliphatic heterocycles. The molecule has 9 heteroatoms. The number of nitrogens with zero attached hydrogens (tertiary/aromatic N) is 3. The van der Waals surface area contributed by atoms with Crippen LogP contribution in [-0.4, -0.2) is 33.2 Å². The van der Waals surface area contributed by atoms with Gasteiger partial charge < -0.3 is 11.1 Å². The highest BCUT2D eigenvalue weighted by Gasteiger charge is 2.44. The van der Waals surface area contributed by atoms with E-state index in [4.69, 9.17) is 5.73 Å². The molecular formula is C21H28F3N5O. The summed E-state index contributed by atoms with van der Waals surface area (Å²) in [5.41, 5.74) is 8.47. The van der Waals surface area contributed by atoms with Gasteiger partial charge in [-0.15, -0.1) is 0 Å². The Morgan fingerprint density at radius 1 is 1.27 bits per heavy atom. The summed E-state index contributed by atoms with van der Waals surface area (Å²) in [5.74, 6) is -1.47. The highest BCUT2D eigenvalue weighted by Crippen LogP contribution is 2.36. The first-order valence-electron chi connectivity index (χ1n) is 10.7. The number of nitrogens with one attached hydrogen (secondary N) is 1. The molecule has 30 heavy (non-hydrogen) atoms. The van der Waals surface area contributed by atoms with Crippen LogP contribution >= 0.6 is 0 Å². The van der Waals surface area contributed by atoms with Crippen molar-refractivity contribution in [1.29, 1.82) is 0 Å². The second kappa shape index (κ2) is 8.17. The van der Waals surface area contributed by atoms with Gasteiger partial charge in [-0.2, -0.15) is 18.3 Å². The number of hydrogen-bond donors (Lipinski definition) is 2. The zero-order chi connectivity index (χ0) is 21.5. The first-order chi connectivity index (χ1) is 14.2. The monoisotopic (exact) mass is 423 g/mol. The number of imidazole rings is 1. The minimum atomic E-state index is -4.31. The first-order valence-corrected chi connectivity index (χ1v) is 10.7. The Hall–Kier alpha value is -2.16. The molecule has 164 valence electrons. The topological polar surface area (TPSA) is 85.3 Å². The van der Waals surface area contributed by atoms with Gasteiger partial charge in [-0.25, -0.2) is 9.50 Å². The van der Waals surface area contributed by atoms with Gasteiger partial charge in [0.2, 0.25) is 5.91 Å². The van der Waals surface area contributed by atoms with Gasteiger partial charge in [-0.3, -0.25) is 4.79 Å². The van der Waals surface area contributed by atoms with E-state index in [1.54, 1.807) is 22.8 Å². The van der Waals surface area contributed by atoms with Crippen LogP contribution in [0.1, 0.15) is 56.5 Å². The van der Waals surface area contributed by atoms with Gasteiger partial charge >= 0.3 is 6.18 Å². The smallest absolute Gasteiger partial charge is 0.355 e. The maximum atomic E-state index is 13.1. The summed E-state index contributed by atoms with van der Waals surface area (Å²) in [4.78, 5) is 16.7. The van der Waals surface area contributed by atoms with Crippen LogP contribution < -0.4 is 11.1 Å². The molecule has 1 saturated carbocycles. The quantitative estimate of drug-likeness (QED) is 0.789. The van der Waals surface area contributed by atoms with E-state index in [0.29, 0.717) is 17.3 Å². The van der Waals surface area contributed by atoms with Gasteiger partial charge in [0.25, 0.3) is 0 Å². The molecule has 2 aromatic rings. The summed E-state index contributed by atoms with van der Waals surface area (Å²) in [7, 11) is 0. The summed E-state index contributed by atoms with van der Waals surface area (Å²) in [5, 5.41) is 6.87. The number of carbonyl (C=O) groups is 1. The predicted molar refractivity (Wildman–Crippen MR) is 105 cm³/mol. The average Bonchev–Trinajstić information content (AvgIpc) is 3.12. The zero-order valence-corrected chi connectivity index (χ0v) is 17.0. The van der Waals surface area contributed by atoms with Gasteiger partial charge in [0.1, 0.15) is 0 Å². The number of amides is 1. The van der Waals surface area contributed by atoms with Crippen LogP contribution in [0.2, 0.25) is 0 Å². The van der Waals surface area contributed by atoms with Crippen molar-refractivity contribution in [2.24, 2.45) is 29.4 Å². The predicted octanol–water partition coefficient (Wildman–Crippen LogP) is 3.41. The van der Waals surface area contributed by atoms with E-state index in [1.165, 1.54) is 12.8 Å². The molecule has 0 aromatic carbocycles. The Morgan fingerprint density at radius 3 is 2.70 bits per heavy atom. The number of alkyl halides is 3. The van der Waals surface area contributed by atoms with Crippen LogP contribution in [-0.2, 0) is 11.2 Å². The molecule has 2 fully saturated rings. The highest BCUT2D eigenvalue weighted by atomic mass is 19.4. The molecule has 0 spiro atoms. The molecular weight excluding hydrogens is 395 g/mol. The van der Waals surface area contributed by atoms with Crippen molar-refractivity contribution in [1.82, 2.24) is 19.9 Å². The molecule has 3 N–H and O–H groups in total. The molecule has 0 bridgehead atoms. The lowest BCUT2D eigenvalue weighted by molar-refractivity contribution is -0.183. The summed E-state index contributed by atoms with van der Waals surface area (Å²) >= 11 is 0. The Kier molecular flexibility index (Phi) is 5.74. The third-order valence-corrected chi connectivity index (χ3v) is 6.68. The number of hydrogen-bond acceptors (Lipinski definition) is 4. The van der Waals surface area contributed by atoms with Crippen molar-refractivity contribution < 1.29 is 18.0 Å². The van der Waals surface area contributed by atoms with Crippen LogP contribution in [0.25, 0.3) is 5.65 Å². The third-order valence-electron chi connectivity index (χ3n) is 6.68. The largest absolute Gasteiger partial charge is 0.393 e. The van der Waals surface area contributed by atoms with Gasteiger partial charge in [-0.1, -0.05) is 19.8 Å². The SMILES string of the molecule is CC1CCC([C@H](N)c2cn3nc(CC4C[C@@H](C(F)(F)F)CNC4=O)ccc3n2)CC1. The number of piperidine rings is 1. The molecule has 4 rings (SSSR count). The van der Waals surface area contributed by atoms with E-state index in [-0.39, 0.29) is 31.3 Å². The molecule has 1 saturated heterocycles. The van der Waals surface area contributed by atoms with Crippen molar-refractivity contribution in [2.75, 3.05) is 6.54 Å². The number of halogens is 3. The Labute approximate surface area is 173 Å². The summed E-state index contributed by atoms with van der Waals surface area (Å²) in [6.45, 7) is 1.91. The van der Waals surface area contributed by atoms with E-state index in [0.717, 1.165) is 24.5 Å². The molecule has 0 radical (unpaired) electrons. The van der Waals surface area contributed by atoms with Crippen LogP contribution in [0.15, 0.2) is 18.3 Å². The molecule has 2 aromatic heterocycles. The van der Waals surface area contributed by atoms with Gasteiger partial charge in [0, 0.05) is 18.9 Å². The lowest BCUT2D eigenvalue weighted by atomic mass is 9.79. The van der Waals surface area contributed by atoms with E-state index in [2.05, 4.69) is 22.3 Å². The van der Waals surface area contributed by atoms with Gasteiger partial charge in [-0.05, 0) is 43.2 Å². The van der Waals surface area contributed by atoms with E-state index in [9.17, 15) is 18.0 Å². The van der Waals surface area contributed by atoms with Gasteiger partial charge in [0.05, 0.1) is 29.5 Å². The molecule has 6 nitrogen and oxygen atoms in total. The number of fused-ring (bicyclic) bond motifs is 1. The lowest BCUT2D eigenvalue weighted by Crippen LogP contribution is -2.47.